The molecular formula is C15H20N4O. The first-order valence-corrected chi connectivity index (χ1v) is 6.61. The van der Waals surface area contributed by atoms with Crippen molar-refractivity contribution in [3.63, 3.8) is 0 Å². The maximum Gasteiger partial charge on any atom is 0.242 e. The molecule has 5 heteroatoms. The van der Waals surface area contributed by atoms with Crippen molar-refractivity contribution in [2.24, 2.45) is 0 Å². The monoisotopic (exact) mass is 272 g/mol. The second-order valence-corrected chi connectivity index (χ2v) is 4.69. The number of nitrogen functional groups attached to an aromatic ring is 1. The summed E-state index contributed by atoms with van der Waals surface area (Å²) in [6.45, 7) is 5.24. The highest BCUT2D eigenvalue weighted by Crippen LogP contribution is 2.27. The molecule has 0 saturated heterocycles. The minimum atomic E-state index is 0.439. The van der Waals surface area contributed by atoms with E-state index in [9.17, 15) is 0 Å². The lowest BCUT2D eigenvalue weighted by Gasteiger charge is -2.20. The molecule has 0 unspecified atom stereocenters. The predicted molar refractivity (Wildman–Crippen MR) is 80.9 cm³/mol. The van der Waals surface area contributed by atoms with Gasteiger partial charge in [0.25, 0.3) is 0 Å². The molecule has 0 fully saturated rings. The molecule has 1 aromatic carbocycles. The minimum Gasteiger partial charge on any atom is -0.476 e. The Morgan fingerprint density at radius 2 is 2.10 bits per heavy atom. The van der Waals surface area contributed by atoms with Crippen LogP contribution in [0.1, 0.15) is 18.1 Å². The van der Waals surface area contributed by atoms with Gasteiger partial charge < -0.3 is 15.4 Å². The van der Waals surface area contributed by atoms with Crippen LogP contribution in [0.2, 0.25) is 0 Å². The number of aryl methyl sites for hydroxylation is 1. The lowest BCUT2D eigenvalue weighted by Crippen LogP contribution is -2.20. The first kappa shape index (κ1) is 14.1. The van der Waals surface area contributed by atoms with Gasteiger partial charge in [0, 0.05) is 13.6 Å². The third-order valence-electron chi connectivity index (χ3n) is 2.97. The molecular weight excluding hydrogens is 252 g/mol. The van der Waals surface area contributed by atoms with Crippen molar-refractivity contribution in [3.8, 4) is 5.88 Å². The van der Waals surface area contributed by atoms with E-state index in [0.29, 0.717) is 24.0 Å². The molecule has 0 aliphatic carbocycles. The van der Waals surface area contributed by atoms with E-state index < -0.39 is 0 Å². The van der Waals surface area contributed by atoms with E-state index in [1.807, 2.05) is 24.9 Å². The fourth-order valence-corrected chi connectivity index (χ4v) is 2.09. The molecule has 0 saturated carbocycles. The molecule has 0 radical (unpaired) electrons. The van der Waals surface area contributed by atoms with Crippen molar-refractivity contribution in [2.75, 3.05) is 24.3 Å². The maximum absolute atomic E-state index is 6.06. The Morgan fingerprint density at radius 1 is 1.30 bits per heavy atom. The third-order valence-corrected chi connectivity index (χ3v) is 2.97. The average molecular weight is 272 g/mol. The Kier molecular flexibility index (Phi) is 4.40. The Labute approximate surface area is 119 Å². The standard InChI is InChI=1S/C15H20N4O/c1-4-20-15-13(16)14(17-10-18-15)19(3)9-12-7-5-6-11(2)8-12/h5-8,10H,4,9,16H2,1-3H3. The number of anilines is 2. The van der Waals surface area contributed by atoms with Gasteiger partial charge in [-0.15, -0.1) is 0 Å². The fourth-order valence-electron chi connectivity index (χ4n) is 2.09. The molecule has 0 aliphatic rings. The number of hydrogen-bond acceptors (Lipinski definition) is 5. The highest BCUT2D eigenvalue weighted by atomic mass is 16.5. The summed E-state index contributed by atoms with van der Waals surface area (Å²) in [4.78, 5) is 10.3. The maximum atomic E-state index is 6.06. The first-order valence-electron chi connectivity index (χ1n) is 6.61. The topological polar surface area (TPSA) is 64.3 Å². The van der Waals surface area contributed by atoms with Crippen LogP contribution in [0.3, 0.4) is 0 Å². The van der Waals surface area contributed by atoms with Crippen molar-refractivity contribution in [2.45, 2.75) is 20.4 Å². The van der Waals surface area contributed by atoms with Crippen molar-refractivity contribution < 1.29 is 4.74 Å². The van der Waals surface area contributed by atoms with Crippen LogP contribution in [0.5, 0.6) is 5.88 Å². The van der Waals surface area contributed by atoms with E-state index in [1.54, 1.807) is 0 Å². The molecule has 0 spiro atoms. The zero-order valence-electron chi connectivity index (χ0n) is 12.1. The Balaban J connectivity index is 2.21. The SMILES string of the molecule is CCOc1ncnc(N(C)Cc2cccc(C)c2)c1N. The lowest BCUT2D eigenvalue weighted by atomic mass is 10.1. The van der Waals surface area contributed by atoms with Gasteiger partial charge in [-0.1, -0.05) is 29.8 Å². The lowest BCUT2D eigenvalue weighted by molar-refractivity contribution is 0.328. The molecule has 1 heterocycles. The fraction of sp³-hybridized carbons (Fsp3) is 0.333. The Bertz CT molecular complexity index is 586. The number of hydrogen-bond donors (Lipinski definition) is 1. The van der Waals surface area contributed by atoms with E-state index in [2.05, 4.69) is 35.1 Å². The summed E-state index contributed by atoms with van der Waals surface area (Å²) in [6.07, 6.45) is 1.48. The summed E-state index contributed by atoms with van der Waals surface area (Å²) in [5.74, 6) is 1.12. The second kappa shape index (κ2) is 6.23. The number of ether oxygens (including phenoxy) is 1. The molecule has 2 aromatic rings. The van der Waals surface area contributed by atoms with Gasteiger partial charge in [-0.2, -0.15) is 4.98 Å². The van der Waals surface area contributed by atoms with E-state index in [4.69, 9.17) is 10.5 Å². The van der Waals surface area contributed by atoms with E-state index in [1.165, 1.54) is 17.5 Å². The smallest absolute Gasteiger partial charge is 0.242 e. The van der Waals surface area contributed by atoms with Gasteiger partial charge in [-0.05, 0) is 19.4 Å². The summed E-state index contributed by atoms with van der Waals surface area (Å²) < 4.78 is 5.39. The van der Waals surface area contributed by atoms with E-state index in [0.717, 1.165) is 6.54 Å². The summed E-state index contributed by atoms with van der Waals surface area (Å²) in [6, 6.07) is 8.37. The predicted octanol–water partition coefficient (Wildman–Crippen LogP) is 2.40. The number of nitrogens with zero attached hydrogens (tertiary/aromatic N) is 3. The van der Waals surface area contributed by atoms with Crippen LogP contribution in [-0.4, -0.2) is 23.6 Å². The zero-order valence-corrected chi connectivity index (χ0v) is 12.1. The van der Waals surface area contributed by atoms with Crippen LogP contribution < -0.4 is 15.4 Å². The van der Waals surface area contributed by atoms with Gasteiger partial charge in [0.2, 0.25) is 5.88 Å². The number of benzene rings is 1. The highest BCUT2D eigenvalue weighted by molar-refractivity contribution is 5.67. The van der Waals surface area contributed by atoms with Gasteiger partial charge in [-0.3, -0.25) is 0 Å². The average Bonchev–Trinajstić information content (AvgIpc) is 2.41. The zero-order chi connectivity index (χ0) is 14.5. The molecule has 20 heavy (non-hydrogen) atoms. The third kappa shape index (κ3) is 3.17. The molecule has 0 bridgehead atoms. The first-order chi connectivity index (χ1) is 9.61. The van der Waals surface area contributed by atoms with Crippen molar-refractivity contribution in [3.05, 3.63) is 41.7 Å². The Hall–Kier alpha value is -2.30. The van der Waals surface area contributed by atoms with Crippen LogP contribution in [0.4, 0.5) is 11.5 Å². The molecule has 2 rings (SSSR count). The van der Waals surface area contributed by atoms with E-state index in [-0.39, 0.29) is 0 Å². The molecule has 2 N–H and O–H groups in total. The molecule has 0 amide bonds. The van der Waals surface area contributed by atoms with Crippen LogP contribution >= 0.6 is 0 Å². The molecule has 0 atom stereocenters. The summed E-state index contributed by atoms with van der Waals surface area (Å²) in [5, 5.41) is 0. The normalized spacial score (nSPS) is 10.3. The molecule has 0 aliphatic heterocycles. The second-order valence-electron chi connectivity index (χ2n) is 4.69. The summed E-state index contributed by atoms with van der Waals surface area (Å²) in [7, 11) is 1.96. The van der Waals surface area contributed by atoms with E-state index >= 15 is 0 Å². The van der Waals surface area contributed by atoms with Gasteiger partial charge in [-0.25, -0.2) is 4.98 Å². The highest BCUT2D eigenvalue weighted by Gasteiger charge is 2.13. The van der Waals surface area contributed by atoms with Crippen LogP contribution in [0.25, 0.3) is 0 Å². The molecule has 1 aromatic heterocycles. The summed E-state index contributed by atoms with van der Waals surface area (Å²) >= 11 is 0. The minimum absolute atomic E-state index is 0.439. The van der Waals surface area contributed by atoms with Gasteiger partial charge >= 0.3 is 0 Å². The van der Waals surface area contributed by atoms with Crippen molar-refractivity contribution in [1.82, 2.24) is 9.97 Å². The molecule has 5 nitrogen and oxygen atoms in total. The largest absolute Gasteiger partial charge is 0.476 e. The van der Waals surface area contributed by atoms with Gasteiger partial charge in [0.1, 0.15) is 12.0 Å². The number of rotatable bonds is 5. The van der Waals surface area contributed by atoms with Gasteiger partial charge in [0.05, 0.1) is 6.61 Å². The van der Waals surface area contributed by atoms with Crippen LogP contribution in [0, 0.1) is 6.92 Å². The summed E-state index contributed by atoms with van der Waals surface area (Å²) in [5.41, 5.74) is 8.99. The van der Waals surface area contributed by atoms with Crippen molar-refractivity contribution >= 4 is 11.5 Å². The quantitative estimate of drug-likeness (QED) is 0.905. The van der Waals surface area contributed by atoms with Crippen LogP contribution in [0.15, 0.2) is 30.6 Å². The number of nitrogens with two attached hydrogens (primary N) is 1. The number of aromatic nitrogens is 2. The van der Waals surface area contributed by atoms with Gasteiger partial charge in [0.15, 0.2) is 5.82 Å². The van der Waals surface area contributed by atoms with Crippen molar-refractivity contribution in [1.29, 1.82) is 0 Å². The molecule has 106 valence electrons. The Morgan fingerprint density at radius 3 is 2.80 bits per heavy atom. The van der Waals surface area contributed by atoms with Crippen LogP contribution in [-0.2, 0) is 6.54 Å².